The van der Waals surface area contributed by atoms with E-state index in [0.717, 1.165) is 5.71 Å². The number of hydrogen-bond acceptors (Lipinski definition) is 1. The second-order valence-corrected chi connectivity index (χ2v) is 5.39. The van der Waals surface area contributed by atoms with E-state index in [2.05, 4.69) is 50.3 Å². The van der Waals surface area contributed by atoms with Crippen LogP contribution in [0.2, 0.25) is 0 Å². The average Bonchev–Trinajstić information content (AvgIpc) is 2.40. The van der Waals surface area contributed by atoms with Gasteiger partial charge in [-0.1, -0.05) is 55.2 Å². The van der Waals surface area contributed by atoms with Gasteiger partial charge in [-0.15, -0.1) is 0 Å². The Kier molecular flexibility index (Phi) is 4.74. The van der Waals surface area contributed by atoms with Gasteiger partial charge in [0.25, 0.3) is 0 Å². The van der Waals surface area contributed by atoms with Crippen molar-refractivity contribution < 1.29 is 0 Å². The molecule has 1 aliphatic rings. The highest BCUT2D eigenvalue weighted by molar-refractivity contribution is 6.09. The summed E-state index contributed by atoms with van der Waals surface area (Å²) < 4.78 is 0. The zero-order chi connectivity index (χ0) is 12.8. The predicted molar refractivity (Wildman–Crippen MR) is 79.3 cm³/mol. The van der Waals surface area contributed by atoms with Gasteiger partial charge in [-0.25, -0.2) is 0 Å². The van der Waals surface area contributed by atoms with Crippen molar-refractivity contribution in [2.75, 3.05) is 0 Å². The SMILES string of the molecule is CC(C)=CC(=NC1CCCCC1)c1ccccc1. The molecule has 0 aromatic heterocycles. The molecule has 0 spiro atoms. The summed E-state index contributed by atoms with van der Waals surface area (Å²) in [4.78, 5) is 4.99. The average molecular weight is 241 g/mol. The number of hydrogen-bond donors (Lipinski definition) is 0. The highest BCUT2D eigenvalue weighted by atomic mass is 14.8. The van der Waals surface area contributed by atoms with Crippen LogP contribution in [0, 0.1) is 0 Å². The van der Waals surface area contributed by atoms with Crippen LogP contribution >= 0.6 is 0 Å². The molecule has 1 aromatic carbocycles. The van der Waals surface area contributed by atoms with E-state index in [4.69, 9.17) is 4.99 Å². The second kappa shape index (κ2) is 6.53. The van der Waals surface area contributed by atoms with E-state index >= 15 is 0 Å². The van der Waals surface area contributed by atoms with Crippen LogP contribution < -0.4 is 0 Å². The molecule has 1 heteroatoms. The van der Waals surface area contributed by atoms with Crippen molar-refractivity contribution in [2.24, 2.45) is 4.99 Å². The molecule has 0 amide bonds. The van der Waals surface area contributed by atoms with Crippen molar-refractivity contribution >= 4 is 5.71 Å². The molecular formula is C17H23N. The third kappa shape index (κ3) is 3.83. The van der Waals surface area contributed by atoms with E-state index in [0.29, 0.717) is 6.04 Å². The van der Waals surface area contributed by atoms with Gasteiger partial charge in [0.05, 0.1) is 11.8 Å². The fourth-order valence-corrected chi connectivity index (χ4v) is 2.48. The van der Waals surface area contributed by atoms with Crippen molar-refractivity contribution in [3.8, 4) is 0 Å². The molecule has 1 aromatic rings. The van der Waals surface area contributed by atoms with Crippen LogP contribution in [0.5, 0.6) is 0 Å². The van der Waals surface area contributed by atoms with Crippen molar-refractivity contribution in [2.45, 2.75) is 52.0 Å². The second-order valence-electron chi connectivity index (χ2n) is 5.39. The quantitative estimate of drug-likeness (QED) is 0.676. The highest BCUT2D eigenvalue weighted by Crippen LogP contribution is 2.21. The first-order valence-electron chi connectivity index (χ1n) is 7.04. The van der Waals surface area contributed by atoms with E-state index in [9.17, 15) is 0 Å². The maximum atomic E-state index is 4.99. The minimum absolute atomic E-state index is 0.532. The van der Waals surface area contributed by atoms with E-state index < -0.39 is 0 Å². The fourth-order valence-electron chi connectivity index (χ4n) is 2.48. The Hall–Kier alpha value is -1.37. The van der Waals surface area contributed by atoms with Gasteiger partial charge in [0, 0.05) is 0 Å². The molecule has 0 unspecified atom stereocenters. The van der Waals surface area contributed by atoms with Gasteiger partial charge >= 0.3 is 0 Å². The maximum absolute atomic E-state index is 4.99. The van der Waals surface area contributed by atoms with Gasteiger partial charge < -0.3 is 0 Å². The van der Waals surface area contributed by atoms with E-state index in [1.165, 1.54) is 43.2 Å². The summed E-state index contributed by atoms with van der Waals surface area (Å²) >= 11 is 0. The largest absolute Gasteiger partial charge is 0.281 e. The molecule has 18 heavy (non-hydrogen) atoms. The molecule has 0 saturated heterocycles. The van der Waals surface area contributed by atoms with Crippen molar-refractivity contribution in [1.82, 2.24) is 0 Å². The van der Waals surface area contributed by atoms with Crippen molar-refractivity contribution in [3.05, 3.63) is 47.5 Å². The van der Waals surface area contributed by atoms with Crippen LogP contribution in [0.4, 0.5) is 0 Å². The van der Waals surface area contributed by atoms with Gasteiger partial charge in [0.2, 0.25) is 0 Å². The zero-order valence-electron chi connectivity index (χ0n) is 11.5. The monoisotopic (exact) mass is 241 g/mol. The summed E-state index contributed by atoms with van der Waals surface area (Å²) in [6, 6.07) is 11.1. The Morgan fingerprint density at radius 2 is 1.72 bits per heavy atom. The predicted octanol–water partition coefficient (Wildman–Crippen LogP) is 4.77. The zero-order valence-corrected chi connectivity index (χ0v) is 11.5. The molecule has 0 radical (unpaired) electrons. The standard InChI is InChI=1S/C17H23N/c1-14(2)13-17(15-9-5-3-6-10-15)18-16-11-7-4-8-12-16/h3,5-6,9-10,13,16H,4,7-8,11-12H2,1-2H3. The highest BCUT2D eigenvalue weighted by Gasteiger charge is 2.13. The maximum Gasteiger partial charge on any atom is 0.0649 e. The van der Waals surface area contributed by atoms with E-state index in [1.807, 2.05) is 0 Å². The summed E-state index contributed by atoms with van der Waals surface area (Å²) in [5.74, 6) is 0. The Morgan fingerprint density at radius 1 is 1.06 bits per heavy atom. The molecule has 0 heterocycles. The van der Waals surface area contributed by atoms with Crippen molar-refractivity contribution in [1.29, 1.82) is 0 Å². The fraction of sp³-hybridized carbons (Fsp3) is 0.471. The molecule has 0 aliphatic heterocycles. The van der Waals surface area contributed by atoms with Crippen LogP contribution in [-0.2, 0) is 0 Å². The summed E-state index contributed by atoms with van der Waals surface area (Å²) in [6.45, 7) is 4.28. The first-order valence-corrected chi connectivity index (χ1v) is 7.04. The van der Waals surface area contributed by atoms with Gasteiger partial charge in [0.1, 0.15) is 0 Å². The van der Waals surface area contributed by atoms with E-state index in [-0.39, 0.29) is 0 Å². The third-order valence-corrected chi connectivity index (χ3v) is 3.39. The number of nitrogens with zero attached hydrogens (tertiary/aromatic N) is 1. The molecule has 1 fully saturated rings. The van der Waals surface area contributed by atoms with Gasteiger partial charge in [0.15, 0.2) is 0 Å². The van der Waals surface area contributed by atoms with Crippen LogP contribution in [0.15, 0.2) is 47.0 Å². The minimum Gasteiger partial charge on any atom is -0.281 e. The molecule has 0 atom stereocenters. The summed E-state index contributed by atoms with van der Waals surface area (Å²) in [7, 11) is 0. The summed E-state index contributed by atoms with van der Waals surface area (Å²) in [5, 5.41) is 0. The summed E-state index contributed by atoms with van der Waals surface area (Å²) in [6.07, 6.45) is 8.79. The summed E-state index contributed by atoms with van der Waals surface area (Å²) in [5.41, 5.74) is 3.71. The van der Waals surface area contributed by atoms with E-state index in [1.54, 1.807) is 0 Å². The van der Waals surface area contributed by atoms with Crippen LogP contribution in [0.25, 0.3) is 0 Å². The topological polar surface area (TPSA) is 12.4 Å². The molecular weight excluding hydrogens is 218 g/mol. The molecule has 1 nitrogen and oxygen atoms in total. The minimum atomic E-state index is 0.532. The lowest BCUT2D eigenvalue weighted by Crippen LogP contribution is -2.13. The number of aliphatic imine (C=N–C) groups is 1. The van der Waals surface area contributed by atoms with Crippen LogP contribution in [0.3, 0.4) is 0 Å². The molecule has 1 saturated carbocycles. The van der Waals surface area contributed by atoms with Gasteiger partial charge in [-0.3, -0.25) is 4.99 Å². The van der Waals surface area contributed by atoms with Gasteiger partial charge in [-0.05, 0) is 38.3 Å². The first-order chi connectivity index (χ1) is 8.75. The molecule has 96 valence electrons. The lowest BCUT2D eigenvalue weighted by Gasteiger charge is -2.19. The van der Waals surface area contributed by atoms with Gasteiger partial charge in [-0.2, -0.15) is 0 Å². The molecule has 1 aliphatic carbocycles. The number of rotatable bonds is 3. The molecule has 0 bridgehead atoms. The Bertz CT molecular complexity index is 418. The lowest BCUT2D eigenvalue weighted by molar-refractivity contribution is 0.444. The normalized spacial score (nSPS) is 17.6. The first kappa shape index (κ1) is 13.1. The third-order valence-electron chi connectivity index (χ3n) is 3.39. The number of allylic oxidation sites excluding steroid dienone is 2. The molecule has 0 N–H and O–H groups in total. The smallest absolute Gasteiger partial charge is 0.0649 e. The lowest BCUT2D eigenvalue weighted by atomic mass is 9.95. The Balaban J connectivity index is 2.24. The van der Waals surface area contributed by atoms with Crippen LogP contribution in [-0.4, -0.2) is 11.8 Å². The van der Waals surface area contributed by atoms with Crippen molar-refractivity contribution in [3.63, 3.8) is 0 Å². The molecule has 2 rings (SSSR count). The number of benzene rings is 1. The van der Waals surface area contributed by atoms with Crippen LogP contribution in [0.1, 0.15) is 51.5 Å². The Morgan fingerprint density at radius 3 is 2.33 bits per heavy atom. The Labute approximate surface area is 111 Å².